The van der Waals surface area contributed by atoms with Gasteiger partial charge in [-0.3, -0.25) is 0 Å². The van der Waals surface area contributed by atoms with Crippen LogP contribution in [0.5, 0.6) is 0 Å². The van der Waals surface area contributed by atoms with Crippen molar-refractivity contribution in [3.05, 3.63) is 18.2 Å². The van der Waals surface area contributed by atoms with E-state index in [1.165, 1.54) is 12.8 Å². The Hall–Kier alpha value is -1.69. The molecule has 0 spiro atoms. The molecule has 0 saturated heterocycles. The van der Waals surface area contributed by atoms with Crippen molar-refractivity contribution in [1.29, 1.82) is 0 Å². The Morgan fingerprint density at radius 2 is 2.33 bits per heavy atom. The molecule has 2 N–H and O–H groups in total. The van der Waals surface area contributed by atoms with Gasteiger partial charge in [-0.15, -0.1) is 6.42 Å². The van der Waals surface area contributed by atoms with Crippen LogP contribution in [0.15, 0.2) is 18.2 Å². The second-order valence-corrected chi connectivity index (χ2v) is 3.95. The topological polar surface area (TPSA) is 42.1 Å². The van der Waals surface area contributed by atoms with E-state index in [0.717, 1.165) is 18.3 Å². The van der Waals surface area contributed by atoms with Crippen molar-refractivity contribution in [2.24, 2.45) is 5.92 Å². The molecule has 1 aliphatic carbocycles. The van der Waals surface area contributed by atoms with Gasteiger partial charge < -0.3 is 10.6 Å². The van der Waals surface area contributed by atoms with E-state index >= 15 is 0 Å². The van der Waals surface area contributed by atoms with Crippen LogP contribution >= 0.6 is 0 Å². The first-order chi connectivity index (χ1) is 7.29. The third kappa shape index (κ3) is 2.63. The second kappa shape index (κ2) is 4.22. The molecule has 15 heavy (non-hydrogen) atoms. The molecular formula is C12H15N3. The lowest BCUT2D eigenvalue weighted by Crippen LogP contribution is -2.27. The van der Waals surface area contributed by atoms with Crippen molar-refractivity contribution in [2.45, 2.75) is 12.8 Å². The minimum atomic E-state index is 0.547. The number of aromatic nitrogens is 1. The summed E-state index contributed by atoms with van der Waals surface area (Å²) in [7, 11) is 0. The summed E-state index contributed by atoms with van der Waals surface area (Å²) in [5, 5.41) is 0. The molecule has 0 atom stereocenters. The maximum Gasteiger partial charge on any atom is 0.131 e. The smallest absolute Gasteiger partial charge is 0.131 e. The Kier molecular flexibility index (Phi) is 2.77. The lowest BCUT2D eigenvalue weighted by atomic mass is 10.3. The van der Waals surface area contributed by atoms with Crippen LogP contribution in [0, 0.1) is 18.3 Å². The fourth-order valence-electron chi connectivity index (χ4n) is 1.58. The van der Waals surface area contributed by atoms with Gasteiger partial charge in [0.1, 0.15) is 11.6 Å². The predicted octanol–water partition coefficient (Wildman–Crippen LogP) is 1.51. The number of nitrogen functional groups attached to an aromatic ring is 1. The third-order valence-corrected chi connectivity index (χ3v) is 2.54. The monoisotopic (exact) mass is 201 g/mol. The highest BCUT2D eigenvalue weighted by Gasteiger charge is 2.24. The van der Waals surface area contributed by atoms with Crippen molar-refractivity contribution in [2.75, 3.05) is 23.7 Å². The van der Waals surface area contributed by atoms with Crippen molar-refractivity contribution < 1.29 is 0 Å². The number of rotatable bonds is 4. The van der Waals surface area contributed by atoms with E-state index in [1.807, 2.05) is 12.1 Å². The summed E-state index contributed by atoms with van der Waals surface area (Å²) in [6.45, 7) is 1.60. The molecule has 1 aromatic heterocycles. The maximum atomic E-state index is 5.65. The molecule has 2 rings (SSSR count). The molecule has 0 amide bonds. The summed E-state index contributed by atoms with van der Waals surface area (Å²) in [5.41, 5.74) is 5.65. The highest BCUT2D eigenvalue weighted by Crippen LogP contribution is 2.30. The Balaban J connectivity index is 2.11. The molecule has 1 heterocycles. The van der Waals surface area contributed by atoms with Gasteiger partial charge in [-0.05, 0) is 30.9 Å². The third-order valence-electron chi connectivity index (χ3n) is 2.54. The molecule has 1 saturated carbocycles. The largest absolute Gasteiger partial charge is 0.384 e. The molecule has 0 bridgehead atoms. The quantitative estimate of drug-likeness (QED) is 0.751. The van der Waals surface area contributed by atoms with Gasteiger partial charge in [0, 0.05) is 6.54 Å². The first-order valence-electron chi connectivity index (χ1n) is 5.20. The molecule has 3 nitrogen and oxygen atoms in total. The van der Waals surface area contributed by atoms with Gasteiger partial charge in [0.25, 0.3) is 0 Å². The Morgan fingerprint density at radius 3 is 2.93 bits per heavy atom. The van der Waals surface area contributed by atoms with Crippen molar-refractivity contribution in [3.63, 3.8) is 0 Å². The number of hydrogen-bond acceptors (Lipinski definition) is 3. The van der Waals surface area contributed by atoms with E-state index in [4.69, 9.17) is 12.2 Å². The minimum absolute atomic E-state index is 0.547. The van der Waals surface area contributed by atoms with Crippen LogP contribution in [0.3, 0.4) is 0 Å². The van der Waals surface area contributed by atoms with E-state index in [2.05, 4.69) is 15.8 Å². The SMILES string of the molecule is C#CCN(CC1CC1)c1cccc(N)n1. The van der Waals surface area contributed by atoms with Gasteiger partial charge in [-0.2, -0.15) is 0 Å². The average molecular weight is 201 g/mol. The fraction of sp³-hybridized carbons (Fsp3) is 0.417. The van der Waals surface area contributed by atoms with Crippen LogP contribution in [-0.2, 0) is 0 Å². The summed E-state index contributed by atoms with van der Waals surface area (Å²) in [5.74, 6) is 4.89. The van der Waals surface area contributed by atoms with Crippen molar-refractivity contribution in [3.8, 4) is 12.3 Å². The first kappa shape index (κ1) is 9.85. The molecule has 3 heteroatoms. The summed E-state index contributed by atoms with van der Waals surface area (Å²) in [6.07, 6.45) is 7.97. The Bertz CT molecular complexity index is 377. The lowest BCUT2D eigenvalue weighted by molar-refractivity contribution is 0.756. The second-order valence-electron chi connectivity index (χ2n) is 3.95. The number of pyridine rings is 1. The molecule has 0 unspecified atom stereocenters. The number of hydrogen-bond donors (Lipinski definition) is 1. The van der Waals surface area contributed by atoms with E-state index in [-0.39, 0.29) is 0 Å². The summed E-state index contributed by atoms with van der Waals surface area (Å²) >= 11 is 0. The van der Waals surface area contributed by atoms with Gasteiger partial charge in [0.15, 0.2) is 0 Å². The highest BCUT2D eigenvalue weighted by molar-refractivity contribution is 5.45. The fourth-order valence-corrected chi connectivity index (χ4v) is 1.58. The Labute approximate surface area is 90.3 Å². The van der Waals surface area contributed by atoms with Crippen LogP contribution in [-0.4, -0.2) is 18.1 Å². The maximum absolute atomic E-state index is 5.65. The minimum Gasteiger partial charge on any atom is -0.384 e. The zero-order chi connectivity index (χ0) is 10.7. The van der Waals surface area contributed by atoms with Crippen molar-refractivity contribution >= 4 is 11.6 Å². The van der Waals surface area contributed by atoms with Gasteiger partial charge in [-0.1, -0.05) is 12.0 Å². The van der Waals surface area contributed by atoms with Crippen LogP contribution in [0.2, 0.25) is 0 Å². The number of nitrogens with zero attached hydrogens (tertiary/aromatic N) is 2. The normalized spacial score (nSPS) is 14.6. The molecule has 0 aromatic carbocycles. The van der Waals surface area contributed by atoms with Gasteiger partial charge in [0.05, 0.1) is 6.54 Å². The summed E-state index contributed by atoms with van der Waals surface area (Å²) < 4.78 is 0. The Morgan fingerprint density at radius 1 is 1.53 bits per heavy atom. The first-order valence-corrected chi connectivity index (χ1v) is 5.20. The molecule has 0 aliphatic heterocycles. The lowest BCUT2D eigenvalue weighted by Gasteiger charge is -2.21. The molecule has 0 radical (unpaired) electrons. The van der Waals surface area contributed by atoms with Crippen LogP contribution in [0.25, 0.3) is 0 Å². The average Bonchev–Trinajstić information content (AvgIpc) is 3.01. The van der Waals surface area contributed by atoms with Gasteiger partial charge in [-0.25, -0.2) is 4.98 Å². The van der Waals surface area contributed by atoms with Crippen LogP contribution in [0.1, 0.15) is 12.8 Å². The van der Waals surface area contributed by atoms with Crippen LogP contribution in [0.4, 0.5) is 11.6 Å². The standard InChI is InChI=1S/C12H15N3/c1-2-8-15(9-10-6-7-10)12-5-3-4-11(13)14-12/h1,3-5,10H,6-9H2,(H2,13,14). The van der Waals surface area contributed by atoms with Crippen LogP contribution < -0.4 is 10.6 Å². The number of nitrogens with two attached hydrogens (primary N) is 1. The van der Waals surface area contributed by atoms with E-state index in [9.17, 15) is 0 Å². The molecule has 1 aliphatic rings. The molecule has 1 fully saturated rings. The molecule has 1 aromatic rings. The van der Waals surface area contributed by atoms with E-state index < -0.39 is 0 Å². The molecule has 78 valence electrons. The number of anilines is 2. The molecular weight excluding hydrogens is 186 g/mol. The van der Waals surface area contributed by atoms with Gasteiger partial charge in [0.2, 0.25) is 0 Å². The van der Waals surface area contributed by atoms with Gasteiger partial charge >= 0.3 is 0 Å². The predicted molar refractivity (Wildman–Crippen MR) is 62.4 cm³/mol. The zero-order valence-electron chi connectivity index (χ0n) is 8.69. The summed E-state index contributed by atoms with van der Waals surface area (Å²) in [6, 6.07) is 5.65. The van der Waals surface area contributed by atoms with E-state index in [0.29, 0.717) is 12.4 Å². The van der Waals surface area contributed by atoms with Crippen molar-refractivity contribution in [1.82, 2.24) is 4.98 Å². The van der Waals surface area contributed by atoms with E-state index in [1.54, 1.807) is 6.07 Å². The zero-order valence-corrected chi connectivity index (χ0v) is 8.69. The number of terminal acetylenes is 1. The highest BCUT2D eigenvalue weighted by atomic mass is 15.2. The summed E-state index contributed by atoms with van der Waals surface area (Å²) in [4.78, 5) is 6.40.